The van der Waals surface area contributed by atoms with E-state index in [2.05, 4.69) is 20.9 Å². The molecule has 8 heteroatoms. The zero-order valence-corrected chi connectivity index (χ0v) is 14.4. The fraction of sp³-hybridized carbons (Fsp3) is 0.500. The Kier molecular flexibility index (Phi) is 3.90. The van der Waals surface area contributed by atoms with Gasteiger partial charge in [0.05, 0.1) is 6.33 Å². The molecule has 2 aromatic rings. The van der Waals surface area contributed by atoms with Gasteiger partial charge < -0.3 is 4.57 Å². The van der Waals surface area contributed by atoms with Gasteiger partial charge in [0.1, 0.15) is 0 Å². The molecule has 2 aliphatic rings. The van der Waals surface area contributed by atoms with Gasteiger partial charge in [0.15, 0.2) is 5.03 Å². The molecule has 2 atom stereocenters. The van der Waals surface area contributed by atoms with Crippen molar-refractivity contribution < 1.29 is 8.42 Å². The molecule has 24 heavy (non-hydrogen) atoms. The van der Waals surface area contributed by atoms with Gasteiger partial charge in [0, 0.05) is 58.4 Å². The number of aromatic nitrogens is 3. The maximum atomic E-state index is 12.7. The van der Waals surface area contributed by atoms with Crippen molar-refractivity contribution in [1.82, 2.24) is 23.7 Å². The Bertz CT molecular complexity index is 806. The van der Waals surface area contributed by atoms with Crippen LogP contribution in [0.3, 0.4) is 0 Å². The fourth-order valence-corrected chi connectivity index (χ4v) is 5.30. The number of pyridine rings is 1. The van der Waals surface area contributed by atoms with Crippen LogP contribution in [0.4, 0.5) is 0 Å². The highest BCUT2D eigenvalue weighted by Gasteiger charge is 2.44. The highest BCUT2D eigenvalue weighted by atomic mass is 32.2. The lowest BCUT2D eigenvalue weighted by Crippen LogP contribution is -2.33. The maximum absolute atomic E-state index is 12.7. The van der Waals surface area contributed by atoms with Gasteiger partial charge in [-0.25, -0.2) is 13.4 Å². The van der Waals surface area contributed by atoms with Gasteiger partial charge in [-0.2, -0.15) is 4.31 Å². The number of hydrogen-bond acceptors (Lipinski definition) is 5. The Hall–Kier alpha value is -1.77. The maximum Gasteiger partial charge on any atom is 0.262 e. The molecule has 0 N–H and O–H groups in total. The number of rotatable bonds is 4. The number of hydrogen-bond donors (Lipinski definition) is 0. The van der Waals surface area contributed by atoms with Crippen molar-refractivity contribution in [2.24, 2.45) is 18.9 Å². The zero-order valence-electron chi connectivity index (χ0n) is 13.6. The fourth-order valence-electron chi connectivity index (χ4n) is 3.78. The van der Waals surface area contributed by atoms with Crippen LogP contribution in [0.25, 0.3) is 0 Å². The molecular formula is C16H21N5O2S. The third-order valence-corrected chi connectivity index (χ3v) is 6.66. The van der Waals surface area contributed by atoms with Crippen LogP contribution in [0.2, 0.25) is 0 Å². The minimum atomic E-state index is -3.46. The Labute approximate surface area is 142 Å². The third kappa shape index (κ3) is 2.85. The molecule has 0 radical (unpaired) electrons. The largest absolute Gasteiger partial charge is 0.339 e. The highest BCUT2D eigenvalue weighted by molar-refractivity contribution is 7.89. The van der Waals surface area contributed by atoms with E-state index in [1.165, 1.54) is 11.9 Å². The lowest BCUT2D eigenvalue weighted by Gasteiger charge is -2.20. The van der Waals surface area contributed by atoms with Crippen LogP contribution in [0.5, 0.6) is 0 Å². The lowest BCUT2D eigenvalue weighted by atomic mass is 10.0. The van der Waals surface area contributed by atoms with Gasteiger partial charge in [-0.3, -0.25) is 9.88 Å². The van der Waals surface area contributed by atoms with Crippen LogP contribution in [0.1, 0.15) is 5.56 Å². The van der Waals surface area contributed by atoms with Crippen molar-refractivity contribution in [3.8, 4) is 0 Å². The number of nitrogens with zero attached hydrogens (tertiary/aromatic N) is 5. The highest BCUT2D eigenvalue weighted by Crippen LogP contribution is 2.34. The van der Waals surface area contributed by atoms with E-state index in [9.17, 15) is 8.42 Å². The summed E-state index contributed by atoms with van der Waals surface area (Å²) >= 11 is 0. The molecular weight excluding hydrogens is 326 g/mol. The first-order chi connectivity index (χ1) is 11.5. The molecule has 4 heterocycles. The average molecular weight is 347 g/mol. The molecule has 2 aliphatic heterocycles. The smallest absolute Gasteiger partial charge is 0.262 e. The number of fused-ring (bicyclic) bond motifs is 1. The van der Waals surface area contributed by atoms with Crippen molar-refractivity contribution in [3.05, 3.63) is 42.6 Å². The molecule has 4 rings (SSSR count). The van der Waals surface area contributed by atoms with Crippen LogP contribution in [-0.2, 0) is 23.6 Å². The average Bonchev–Trinajstić information content (AvgIpc) is 3.23. The van der Waals surface area contributed by atoms with E-state index in [0.29, 0.717) is 24.9 Å². The molecule has 0 unspecified atom stereocenters. The van der Waals surface area contributed by atoms with Crippen molar-refractivity contribution in [1.29, 1.82) is 0 Å². The van der Waals surface area contributed by atoms with Crippen LogP contribution in [-0.4, -0.2) is 58.3 Å². The van der Waals surface area contributed by atoms with E-state index in [4.69, 9.17) is 0 Å². The van der Waals surface area contributed by atoms with Crippen LogP contribution >= 0.6 is 0 Å². The first-order valence-corrected chi connectivity index (χ1v) is 9.56. The molecule has 0 aliphatic carbocycles. The van der Waals surface area contributed by atoms with E-state index in [1.807, 2.05) is 12.3 Å². The Morgan fingerprint density at radius 1 is 1.21 bits per heavy atom. The number of aryl methyl sites for hydroxylation is 1. The van der Waals surface area contributed by atoms with E-state index < -0.39 is 10.0 Å². The third-order valence-electron chi connectivity index (χ3n) is 4.94. The van der Waals surface area contributed by atoms with E-state index in [-0.39, 0.29) is 5.03 Å². The molecule has 2 fully saturated rings. The SMILES string of the molecule is Cn1cnc(S(=O)(=O)N2C[C@H]3CN(Cc4cccnc4)C[C@H]3C2)c1. The van der Waals surface area contributed by atoms with Gasteiger partial charge in [-0.1, -0.05) is 6.07 Å². The van der Waals surface area contributed by atoms with Crippen LogP contribution < -0.4 is 0 Å². The minimum Gasteiger partial charge on any atom is -0.339 e. The van der Waals surface area contributed by atoms with Gasteiger partial charge in [-0.05, 0) is 23.5 Å². The summed E-state index contributed by atoms with van der Waals surface area (Å²) < 4.78 is 28.6. The number of imidazole rings is 1. The molecule has 2 saturated heterocycles. The Morgan fingerprint density at radius 2 is 1.96 bits per heavy atom. The summed E-state index contributed by atoms with van der Waals surface area (Å²) in [6, 6.07) is 4.03. The second-order valence-corrected chi connectivity index (χ2v) is 8.66. The monoisotopic (exact) mass is 347 g/mol. The summed E-state index contributed by atoms with van der Waals surface area (Å²) in [5, 5.41) is 0.150. The predicted molar refractivity (Wildman–Crippen MR) is 88.5 cm³/mol. The van der Waals surface area contributed by atoms with Gasteiger partial charge in [-0.15, -0.1) is 0 Å². The number of likely N-dealkylation sites (tertiary alicyclic amines) is 1. The van der Waals surface area contributed by atoms with E-state index in [1.54, 1.807) is 28.3 Å². The lowest BCUT2D eigenvalue weighted by molar-refractivity contribution is 0.289. The summed E-state index contributed by atoms with van der Waals surface area (Å²) in [5.74, 6) is 0.806. The molecule has 7 nitrogen and oxygen atoms in total. The second kappa shape index (κ2) is 5.94. The summed E-state index contributed by atoms with van der Waals surface area (Å²) in [7, 11) is -1.68. The second-order valence-electron chi connectivity index (χ2n) is 6.77. The van der Waals surface area contributed by atoms with Crippen molar-refractivity contribution in [3.63, 3.8) is 0 Å². The van der Waals surface area contributed by atoms with Gasteiger partial charge in [0.25, 0.3) is 10.0 Å². The zero-order chi connectivity index (χ0) is 16.7. The van der Waals surface area contributed by atoms with E-state index in [0.717, 1.165) is 19.6 Å². The quantitative estimate of drug-likeness (QED) is 0.808. The Morgan fingerprint density at radius 3 is 2.54 bits per heavy atom. The minimum absolute atomic E-state index is 0.150. The van der Waals surface area contributed by atoms with Gasteiger partial charge in [0.2, 0.25) is 0 Å². The van der Waals surface area contributed by atoms with Crippen LogP contribution in [0.15, 0.2) is 42.1 Å². The van der Waals surface area contributed by atoms with Crippen molar-refractivity contribution in [2.75, 3.05) is 26.2 Å². The molecule has 0 spiro atoms. The molecule has 0 amide bonds. The summed E-state index contributed by atoms with van der Waals surface area (Å²) in [6.45, 7) is 3.94. The predicted octanol–water partition coefficient (Wildman–Crippen LogP) is 0.568. The summed E-state index contributed by atoms with van der Waals surface area (Å²) in [5.41, 5.74) is 1.20. The first-order valence-electron chi connectivity index (χ1n) is 8.12. The Balaban J connectivity index is 1.41. The summed E-state index contributed by atoms with van der Waals surface area (Å²) in [6.07, 6.45) is 6.77. The van der Waals surface area contributed by atoms with Crippen molar-refractivity contribution >= 4 is 10.0 Å². The standard InChI is InChI=1S/C16H21N5O2S/c1-19-11-16(18-12-19)24(22,23)21-9-14-7-20(8-15(14)10-21)6-13-3-2-4-17-5-13/h2-5,11-12,14-15H,6-10H2,1H3/t14-,15+. The van der Waals surface area contributed by atoms with E-state index >= 15 is 0 Å². The van der Waals surface area contributed by atoms with Crippen LogP contribution in [0, 0.1) is 11.8 Å². The molecule has 128 valence electrons. The summed E-state index contributed by atoms with van der Waals surface area (Å²) in [4.78, 5) is 10.6. The molecule has 0 saturated carbocycles. The van der Waals surface area contributed by atoms with Gasteiger partial charge >= 0.3 is 0 Å². The molecule has 0 aromatic carbocycles. The first kappa shape index (κ1) is 15.7. The topological polar surface area (TPSA) is 71.3 Å². The molecule has 2 aromatic heterocycles. The molecule has 0 bridgehead atoms. The van der Waals surface area contributed by atoms with Crippen molar-refractivity contribution in [2.45, 2.75) is 11.6 Å². The number of sulfonamides is 1. The normalized spacial score (nSPS) is 25.2.